The Hall–Kier alpha value is -3.53. The van der Waals surface area contributed by atoms with Gasteiger partial charge >= 0.3 is 6.16 Å². The second-order valence-electron chi connectivity index (χ2n) is 7.91. The van der Waals surface area contributed by atoms with E-state index in [2.05, 4.69) is 0 Å². The first-order valence-corrected chi connectivity index (χ1v) is 9.47. The lowest BCUT2D eigenvalue weighted by Gasteiger charge is -2.20. The van der Waals surface area contributed by atoms with Gasteiger partial charge in [-0.05, 0) is 54.4 Å². The van der Waals surface area contributed by atoms with E-state index in [0.717, 1.165) is 21.5 Å². The summed E-state index contributed by atoms with van der Waals surface area (Å²) in [5.74, 6) is 0.457. The Bertz CT molecular complexity index is 1220. The number of carbonyl (C=O) groups excluding carboxylic acids is 1. The highest BCUT2D eigenvalue weighted by Crippen LogP contribution is 2.45. The van der Waals surface area contributed by atoms with Crippen molar-refractivity contribution in [2.24, 2.45) is 0 Å². The highest BCUT2D eigenvalue weighted by molar-refractivity contribution is 6.09. The van der Waals surface area contributed by atoms with E-state index in [0.29, 0.717) is 16.9 Å². The number of aromatic hydroxyl groups is 1. The second kappa shape index (κ2) is 7.13. The Morgan fingerprint density at radius 1 is 0.759 bits per heavy atom. The Morgan fingerprint density at radius 3 is 1.93 bits per heavy atom. The maximum Gasteiger partial charge on any atom is 0.514 e. The van der Waals surface area contributed by atoms with Crippen molar-refractivity contribution < 1.29 is 19.4 Å². The number of benzene rings is 4. The minimum absolute atomic E-state index is 0.120. The van der Waals surface area contributed by atoms with E-state index < -0.39 is 11.8 Å². The van der Waals surface area contributed by atoms with Crippen molar-refractivity contribution in [3.63, 3.8) is 0 Å². The van der Waals surface area contributed by atoms with Crippen LogP contribution in [0.25, 0.3) is 32.7 Å². The van der Waals surface area contributed by atoms with E-state index in [1.54, 1.807) is 32.9 Å². The zero-order valence-electron chi connectivity index (χ0n) is 16.6. The van der Waals surface area contributed by atoms with Crippen LogP contribution in [0.2, 0.25) is 0 Å². The Labute approximate surface area is 169 Å². The topological polar surface area (TPSA) is 55.8 Å². The third kappa shape index (κ3) is 3.74. The van der Waals surface area contributed by atoms with E-state index in [9.17, 15) is 9.90 Å². The maximum atomic E-state index is 12.4. The quantitative estimate of drug-likeness (QED) is 0.308. The van der Waals surface area contributed by atoms with Crippen molar-refractivity contribution in [2.45, 2.75) is 26.4 Å². The highest BCUT2D eigenvalue weighted by Gasteiger charge is 2.22. The molecule has 0 saturated heterocycles. The molecule has 0 fully saturated rings. The minimum Gasteiger partial charge on any atom is -0.507 e. The third-order valence-electron chi connectivity index (χ3n) is 4.63. The molecule has 0 aromatic heterocycles. The number of rotatable bonds is 2. The average Bonchev–Trinajstić information content (AvgIpc) is 2.67. The van der Waals surface area contributed by atoms with Crippen molar-refractivity contribution in [1.82, 2.24) is 0 Å². The summed E-state index contributed by atoms with van der Waals surface area (Å²) in [7, 11) is 0. The van der Waals surface area contributed by atoms with Crippen molar-refractivity contribution >= 4 is 27.7 Å². The number of ether oxygens (including phenoxy) is 2. The van der Waals surface area contributed by atoms with Crippen LogP contribution in [0.3, 0.4) is 0 Å². The van der Waals surface area contributed by atoms with Gasteiger partial charge in [0.05, 0.1) is 0 Å². The lowest BCUT2D eigenvalue weighted by Crippen LogP contribution is -2.26. The van der Waals surface area contributed by atoms with Gasteiger partial charge in [-0.15, -0.1) is 0 Å². The first-order chi connectivity index (χ1) is 13.8. The Balaban J connectivity index is 1.98. The summed E-state index contributed by atoms with van der Waals surface area (Å²) in [5, 5.41) is 14.5. The zero-order valence-corrected chi connectivity index (χ0v) is 16.6. The minimum atomic E-state index is -0.784. The first kappa shape index (κ1) is 18.8. The monoisotopic (exact) mass is 386 g/mol. The molecule has 0 aliphatic heterocycles. The van der Waals surface area contributed by atoms with Crippen LogP contribution in [0.1, 0.15) is 20.8 Å². The molecule has 4 aromatic rings. The molecule has 4 nitrogen and oxygen atoms in total. The van der Waals surface area contributed by atoms with E-state index in [4.69, 9.17) is 9.47 Å². The first-order valence-electron chi connectivity index (χ1n) is 9.47. The molecule has 0 amide bonds. The van der Waals surface area contributed by atoms with Crippen LogP contribution < -0.4 is 4.74 Å². The molecule has 0 radical (unpaired) electrons. The fourth-order valence-electron chi connectivity index (χ4n) is 3.48. The van der Waals surface area contributed by atoms with Crippen molar-refractivity contribution in [2.75, 3.05) is 0 Å². The van der Waals surface area contributed by atoms with E-state index >= 15 is 0 Å². The van der Waals surface area contributed by atoms with Crippen LogP contribution in [0.15, 0.2) is 72.8 Å². The number of phenols is 1. The predicted molar refractivity (Wildman–Crippen MR) is 115 cm³/mol. The lowest BCUT2D eigenvalue weighted by atomic mass is 9.92. The van der Waals surface area contributed by atoms with Crippen LogP contribution in [0.5, 0.6) is 11.5 Å². The molecule has 4 heteroatoms. The van der Waals surface area contributed by atoms with Crippen LogP contribution in [-0.2, 0) is 4.74 Å². The average molecular weight is 386 g/mol. The summed E-state index contributed by atoms with van der Waals surface area (Å²) < 4.78 is 11.0. The van der Waals surface area contributed by atoms with Gasteiger partial charge in [0.25, 0.3) is 0 Å². The van der Waals surface area contributed by atoms with Gasteiger partial charge in [-0.2, -0.15) is 0 Å². The third-order valence-corrected chi connectivity index (χ3v) is 4.63. The fourth-order valence-corrected chi connectivity index (χ4v) is 3.48. The van der Waals surface area contributed by atoms with Gasteiger partial charge in [-0.1, -0.05) is 60.7 Å². The molecule has 0 bridgehead atoms. The van der Waals surface area contributed by atoms with Crippen LogP contribution in [-0.4, -0.2) is 16.9 Å². The van der Waals surface area contributed by atoms with Crippen molar-refractivity contribution in [3.05, 3.63) is 72.8 Å². The molecule has 0 atom stereocenters. The van der Waals surface area contributed by atoms with Gasteiger partial charge in [-0.3, -0.25) is 0 Å². The molecule has 146 valence electrons. The van der Waals surface area contributed by atoms with Gasteiger partial charge < -0.3 is 14.6 Å². The molecular weight excluding hydrogens is 364 g/mol. The molecule has 4 rings (SSSR count). The van der Waals surface area contributed by atoms with E-state index in [-0.39, 0.29) is 5.75 Å². The Morgan fingerprint density at radius 2 is 1.31 bits per heavy atom. The summed E-state index contributed by atoms with van der Waals surface area (Å²) in [4.78, 5) is 12.4. The summed E-state index contributed by atoms with van der Waals surface area (Å²) in [6.07, 6.45) is -0.784. The molecular formula is C25H22O4. The number of fused-ring (bicyclic) bond motifs is 2. The van der Waals surface area contributed by atoms with E-state index in [1.165, 1.54) is 0 Å². The van der Waals surface area contributed by atoms with Gasteiger partial charge in [-0.25, -0.2) is 4.79 Å². The molecule has 0 saturated carbocycles. The normalized spacial score (nSPS) is 11.6. The SMILES string of the molecule is CC(C)(C)OC(=O)Oc1ccc2ccccc2c1-c1c(O)ccc2ccccc12. The highest BCUT2D eigenvalue weighted by atomic mass is 16.7. The summed E-state index contributed by atoms with van der Waals surface area (Å²) in [5.41, 5.74) is 0.608. The Kier molecular flexibility index (Phi) is 4.63. The van der Waals surface area contributed by atoms with Gasteiger partial charge in [0.15, 0.2) is 0 Å². The molecule has 29 heavy (non-hydrogen) atoms. The largest absolute Gasteiger partial charge is 0.514 e. The summed E-state index contributed by atoms with van der Waals surface area (Å²) in [6, 6.07) is 22.8. The standard InChI is InChI=1S/C25H22O4/c1-25(2,3)29-24(27)28-21-15-13-17-9-5-7-11-19(17)23(21)22-18-10-6-4-8-16(18)12-14-20(22)26/h4-15,26H,1-3H3. The maximum absolute atomic E-state index is 12.4. The van der Waals surface area contributed by atoms with Gasteiger partial charge in [0.2, 0.25) is 0 Å². The van der Waals surface area contributed by atoms with Crippen molar-refractivity contribution in [1.29, 1.82) is 0 Å². The lowest BCUT2D eigenvalue weighted by molar-refractivity contribution is 0.0207. The molecule has 0 aliphatic carbocycles. The summed E-state index contributed by atoms with van der Waals surface area (Å²) >= 11 is 0. The fraction of sp³-hybridized carbons (Fsp3) is 0.160. The molecule has 0 unspecified atom stereocenters. The zero-order chi connectivity index (χ0) is 20.6. The van der Waals surface area contributed by atoms with Crippen LogP contribution in [0, 0.1) is 0 Å². The molecule has 4 aromatic carbocycles. The number of hydrogen-bond donors (Lipinski definition) is 1. The number of carbonyl (C=O) groups is 1. The van der Waals surface area contributed by atoms with E-state index in [1.807, 2.05) is 60.7 Å². The predicted octanol–water partition coefficient (Wildman–Crippen LogP) is 6.68. The molecule has 0 heterocycles. The van der Waals surface area contributed by atoms with Gasteiger partial charge in [0, 0.05) is 11.1 Å². The molecule has 0 aliphatic rings. The van der Waals surface area contributed by atoms with Crippen LogP contribution >= 0.6 is 0 Å². The smallest absolute Gasteiger partial charge is 0.507 e. The second-order valence-corrected chi connectivity index (χ2v) is 7.91. The van der Waals surface area contributed by atoms with Gasteiger partial charge in [0.1, 0.15) is 17.1 Å². The number of phenolic OH excluding ortho intramolecular Hbond substituents is 1. The molecule has 0 spiro atoms. The molecule has 1 N–H and O–H groups in total. The summed E-state index contributed by atoms with van der Waals surface area (Å²) in [6.45, 7) is 5.35. The van der Waals surface area contributed by atoms with Crippen LogP contribution in [0.4, 0.5) is 4.79 Å². The number of hydrogen-bond acceptors (Lipinski definition) is 4. The van der Waals surface area contributed by atoms with Crippen molar-refractivity contribution in [3.8, 4) is 22.6 Å².